The number of fused-ring (bicyclic) bond motifs is 3. The van der Waals surface area contributed by atoms with Gasteiger partial charge in [0.05, 0.1) is 0 Å². The Kier molecular flexibility index (Phi) is 3.12. The minimum Gasteiger partial charge on any atom is -0.344 e. The molecule has 1 amide bonds. The number of aryl methyl sites for hydroxylation is 1. The summed E-state index contributed by atoms with van der Waals surface area (Å²) >= 11 is 0. The number of nitrogens with one attached hydrogen (secondary N) is 1. The Balaban J connectivity index is 1.90. The van der Waals surface area contributed by atoms with Crippen LogP contribution in [0.2, 0.25) is 0 Å². The molecule has 0 saturated carbocycles. The quantitative estimate of drug-likeness (QED) is 0.577. The van der Waals surface area contributed by atoms with Crippen LogP contribution in [0.4, 0.5) is 5.69 Å². The molecule has 23 heavy (non-hydrogen) atoms. The summed E-state index contributed by atoms with van der Waals surface area (Å²) in [6.45, 7) is 0. The molecule has 0 aliphatic rings. The predicted molar refractivity (Wildman–Crippen MR) is 94.8 cm³/mol. The summed E-state index contributed by atoms with van der Waals surface area (Å²) in [4.78, 5) is 12.8. The van der Waals surface area contributed by atoms with Crippen LogP contribution in [0.1, 0.15) is 10.4 Å². The van der Waals surface area contributed by atoms with Crippen molar-refractivity contribution in [1.29, 1.82) is 0 Å². The van der Waals surface area contributed by atoms with Gasteiger partial charge < -0.3 is 9.88 Å². The van der Waals surface area contributed by atoms with E-state index in [1.54, 1.807) is 0 Å². The molecule has 0 saturated heterocycles. The van der Waals surface area contributed by atoms with Crippen LogP contribution in [0.3, 0.4) is 0 Å². The van der Waals surface area contributed by atoms with Crippen LogP contribution in [0.5, 0.6) is 0 Å². The molecule has 1 N–H and O–H groups in total. The molecule has 0 fully saturated rings. The first-order valence-electron chi connectivity index (χ1n) is 7.58. The van der Waals surface area contributed by atoms with E-state index in [4.69, 9.17) is 0 Å². The van der Waals surface area contributed by atoms with Crippen LogP contribution in [0.15, 0.2) is 72.8 Å². The Hall–Kier alpha value is -3.07. The monoisotopic (exact) mass is 300 g/mol. The Bertz CT molecular complexity index is 1020. The first kappa shape index (κ1) is 13.6. The van der Waals surface area contributed by atoms with Gasteiger partial charge in [-0.2, -0.15) is 0 Å². The number of hydrogen-bond donors (Lipinski definition) is 1. The van der Waals surface area contributed by atoms with E-state index in [1.807, 2.05) is 61.6 Å². The zero-order chi connectivity index (χ0) is 15.8. The molecule has 0 unspecified atom stereocenters. The van der Waals surface area contributed by atoms with Gasteiger partial charge in [0.1, 0.15) is 0 Å². The van der Waals surface area contributed by atoms with Crippen LogP contribution in [0, 0.1) is 0 Å². The van der Waals surface area contributed by atoms with E-state index in [2.05, 4.69) is 28.1 Å². The summed E-state index contributed by atoms with van der Waals surface area (Å²) in [6, 6.07) is 23.6. The van der Waals surface area contributed by atoms with Crippen LogP contribution in [-0.4, -0.2) is 10.5 Å². The molecular weight excluding hydrogens is 284 g/mol. The average molecular weight is 300 g/mol. The Labute approximate surface area is 134 Å². The third-order valence-electron chi connectivity index (χ3n) is 4.21. The predicted octanol–water partition coefficient (Wildman–Crippen LogP) is 4.58. The molecule has 3 nitrogen and oxygen atoms in total. The molecule has 0 bridgehead atoms. The zero-order valence-electron chi connectivity index (χ0n) is 12.8. The van der Waals surface area contributed by atoms with Crippen molar-refractivity contribution in [2.45, 2.75) is 0 Å². The summed E-state index contributed by atoms with van der Waals surface area (Å²) in [5.41, 5.74) is 3.69. The summed E-state index contributed by atoms with van der Waals surface area (Å²) in [5.74, 6) is -0.0850. The van der Waals surface area contributed by atoms with Crippen molar-refractivity contribution in [2.75, 3.05) is 5.32 Å². The van der Waals surface area contributed by atoms with Gasteiger partial charge in [-0.25, -0.2) is 0 Å². The van der Waals surface area contributed by atoms with Crippen molar-refractivity contribution in [3.63, 3.8) is 0 Å². The number of amides is 1. The topological polar surface area (TPSA) is 34.0 Å². The van der Waals surface area contributed by atoms with Gasteiger partial charge in [0.2, 0.25) is 0 Å². The van der Waals surface area contributed by atoms with Gasteiger partial charge in [0.25, 0.3) is 5.91 Å². The molecule has 1 heterocycles. The van der Waals surface area contributed by atoms with E-state index in [1.165, 1.54) is 0 Å². The highest BCUT2D eigenvalue weighted by atomic mass is 16.1. The van der Waals surface area contributed by atoms with Crippen molar-refractivity contribution >= 4 is 33.4 Å². The number of hydrogen-bond acceptors (Lipinski definition) is 1. The standard InChI is InChI=1S/C20H16N2O/c1-22-17-12-6-5-10-15(17)19-16(11-7-13-18(19)22)20(23)21-14-8-3-2-4-9-14/h2-13H,1H3,(H,21,23). The fraction of sp³-hybridized carbons (Fsp3) is 0.0500. The van der Waals surface area contributed by atoms with E-state index >= 15 is 0 Å². The van der Waals surface area contributed by atoms with Crippen molar-refractivity contribution in [1.82, 2.24) is 4.57 Å². The maximum atomic E-state index is 12.8. The number of rotatable bonds is 2. The second-order valence-corrected chi connectivity index (χ2v) is 5.60. The van der Waals surface area contributed by atoms with Crippen molar-refractivity contribution < 1.29 is 4.79 Å². The Morgan fingerprint density at radius 3 is 2.35 bits per heavy atom. The van der Waals surface area contributed by atoms with E-state index < -0.39 is 0 Å². The highest BCUT2D eigenvalue weighted by Crippen LogP contribution is 2.31. The summed E-state index contributed by atoms with van der Waals surface area (Å²) in [7, 11) is 2.03. The SMILES string of the molecule is Cn1c2ccccc2c2c(C(=O)Nc3ccccc3)cccc21. The summed E-state index contributed by atoms with van der Waals surface area (Å²) < 4.78 is 2.13. The van der Waals surface area contributed by atoms with E-state index in [9.17, 15) is 4.79 Å². The molecule has 112 valence electrons. The van der Waals surface area contributed by atoms with E-state index in [0.29, 0.717) is 5.56 Å². The van der Waals surface area contributed by atoms with Crippen LogP contribution in [0.25, 0.3) is 21.8 Å². The average Bonchev–Trinajstić information content (AvgIpc) is 2.89. The van der Waals surface area contributed by atoms with Gasteiger partial charge in [-0.3, -0.25) is 4.79 Å². The third-order valence-corrected chi connectivity index (χ3v) is 4.21. The zero-order valence-corrected chi connectivity index (χ0v) is 12.8. The lowest BCUT2D eigenvalue weighted by Crippen LogP contribution is -2.12. The number of para-hydroxylation sites is 2. The maximum Gasteiger partial charge on any atom is 0.256 e. The molecular formula is C20H16N2O. The second kappa shape index (κ2) is 5.29. The lowest BCUT2D eigenvalue weighted by atomic mass is 10.1. The number of carbonyl (C=O) groups excluding carboxylic acids is 1. The molecule has 0 atom stereocenters. The fourth-order valence-electron chi connectivity index (χ4n) is 3.12. The molecule has 1 aromatic heterocycles. The number of benzene rings is 3. The van der Waals surface area contributed by atoms with Crippen LogP contribution in [-0.2, 0) is 7.05 Å². The highest BCUT2D eigenvalue weighted by molar-refractivity contribution is 6.20. The number of carbonyl (C=O) groups is 1. The van der Waals surface area contributed by atoms with Gasteiger partial charge >= 0.3 is 0 Å². The van der Waals surface area contributed by atoms with Crippen LogP contribution < -0.4 is 5.32 Å². The molecule has 0 spiro atoms. The van der Waals surface area contributed by atoms with Crippen molar-refractivity contribution in [3.8, 4) is 0 Å². The molecule has 0 aliphatic carbocycles. The van der Waals surface area contributed by atoms with Gasteiger partial charge in [-0.05, 0) is 30.3 Å². The second-order valence-electron chi connectivity index (χ2n) is 5.60. The summed E-state index contributed by atoms with van der Waals surface area (Å²) in [6.07, 6.45) is 0. The van der Waals surface area contributed by atoms with Gasteiger partial charge in [-0.15, -0.1) is 0 Å². The van der Waals surface area contributed by atoms with Gasteiger partial charge in [-0.1, -0.05) is 42.5 Å². The minimum atomic E-state index is -0.0850. The fourth-order valence-corrected chi connectivity index (χ4v) is 3.12. The van der Waals surface area contributed by atoms with Crippen molar-refractivity contribution in [2.24, 2.45) is 7.05 Å². The van der Waals surface area contributed by atoms with Crippen molar-refractivity contribution in [3.05, 3.63) is 78.4 Å². The smallest absolute Gasteiger partial charge is 0.256 e. The van der Waals surface area contributed by atoms with E-state index in [-0.39, 0.29) is 5.91 Å². The van der Waals surface area contributed by atoms with E-state index in [0.717, 1.165) is 27.5 Å². The first-order valence-corrected chi connectivity index (χ1v) is 7.58. The van der Waals surface area contributed by atoms with Gasteiger partial charge in [0.15, 0.2) is 0 Å². The van der Waals surface area contributed by atoms with Crippen LogP contribution >= 0.6 is 0 Å². The molecule has 3 aromatic carbocycles. The molecule has 4 rings (SSSR count). The lowest BCUT2D eigenvalue weighted by Gasteiger charge is -2.07. The third kappa shape index (κ3) is 2.18. The summed E-state index contributed by atoms with van der Waals surface area (Å²) in [5, 5.41) is 5.08. The Morgan fingerprint density at radius 2 is 1.52 bits per heavy atom. The molecule has 0 aliphatic heterocycles. The molecule has 3 heteroatoms. The largest absolute Gasteiger partial charge is 0.344 e. The van der Waals surface area contributed by atoms with Gasteiger partial charge in [0, 0.05) is 40.1 Å². The Morgan fingerprint density at radius 1 is 0.826 bits per heavy atom. The minimum absolute atomic E-state index is 0.0850. The molecule has 4 aromatic rings. The number of aromatic nitrogens is 1. The molecule has 0 radical (unpaired) electrons. The maximum absolute atomic E-state index is 12.8. The lowest BCUT2D eigenvalue weighted by molar-refractivity contribution is 0.102. The first-order chi connectivity index (χ1) is 11.3. The normalized spacial score (nSPS) is 11.0. The number of nitrogens with zero attached hydrogens (tertiary/aromatic N) is 1. The number of anilines is 1. The highest BCUT2D eigenvalue weighted by Gasteiger charge is 2.16.